The summed E-state index contributed by atoms with van der Waals surface area (Å²) < 4.78 is 4.03. The summed E-state index contributed by atoms with van der Waals surface area (Å²) in [4.78, 5) is 21.1. The third kappa shape index (κ3) is 19.9. The van der Waals surface area contributed by atoms with Crippen molar-refractivity contribution in [1.82, 2.24) is 0 Å². The molecule has 4 nitrogen and oxygen atoms in total. The zero-order valence-corrected chi connectivity index (χ0v) is 13.6. The molecular weight excluding hydrogens is 291 g/mol. The zero-order chi connectivity index (χ0) is 15.8. The van der Waals surface area contributed by atoms with Crippen molar-refractivity contribution in [3.05, 3.63) is 0 Å². The number of carbonyl (C=O) groups excluding carboxylic acids is 1. The van der Waals surface area contributed by atoms with Crippen LogP contribution in [0.4, 0.5) is 4.79 Å². The fraction of sp³-hybridized carbons (Fsp3) is 0.882. The molecule has 22 heavy (non-hydrogen) atoms. The van der Waals surface area contributed by atoms with E-state index >= 15 is 0 Å². The van der Waals surface area contributed by atoms with Gasteiger partial charge in [0.25, 0.3) is 0 Å². The van der Waals surface area contributed by atoms with Crippen LogP contribution in [0.3, 0.4) is 0 Å². The standard InChI is InChI=1S/C17H32O4.Na.H/c1-2-3-4-5-6-7-8-9-10-11-12-13-14-15-16(18)21-17(19)20;;/h2-15H2,1H3,(H,19,20);;. The van der Waals surface area contributed by atoms with Crippen LogP contribution in [0.5, 0.6) is 0 Å². The van der Waals surface area contributed by atoms with E-state index in [1.54, 1.807) is 0 Å². The Morgan fingerprint density at radius 3 is 1.45 bits per heavy atom. The van der Waals surface area contributed by atoms with Gasteiger partial charge in [-0.1, -0.05) is 84.0 Å². The molecule has 0 unspecified atom stereocenters. The quantitative estimate of drug-likeness (QED) is 0.210. The van der Waals surface area contributed by atoms with Gasteiger partial charge in [0.2, 0.25) is 0 Å². The van der Waals surface area contributed by atoms with Crippen LogP contribution in [0.1, 0.15) is 96.8 Å². The molecule has 0 saturated carbocycles. The molecule has 0 atom stereocenters. The van der Waals surface area contributed by atoms with E-state index in [4.69, 9.17) is 5.11 Å². The minimum absolute atomic E-state index is 0. The van der Waals surface area contributed by atoms with Gasteiger partial charge in [-0.2, -0.15) is 0 Å². The van der Waals surface area contributed by atoms with Gasteiger partial charge in [0.05, 0.1) is 0 Å². The predicted octanol–water partition coefficient (Wildman–Crippen LogP) is 5.04. The number of rotatable bonds is 14. The summed E-state index contributed by atoms with van der Waals surface area (Å²) in [6.45, 7) is 2.25. The number of carbonyl (C=O) groups is 2. The van der Waals surface area contributed by atoms with Crippen LogP contribution in [0.15, 0.2) is 0 Å². The third-order valence-electron chi connectivity index (χ3n) is 3.69. The van der Waals surface area contributed by atoms with Crippen molar-refractivity contribution in [2.24, 2.45) is 0 Å². The van der Waals surface area contributed by atoms with Crippen LogP contribution < -0.4 is 0 Å². The molecule has 5 heteroatoms. The number of esters is 1. The van der Waals surface area contributed by atoms with Gasteiger partial charge in [0.15, 0.2) is 0 Å². The molecule has 0 aliphatic carbocycles. The van der Waals surface area contributed by atoms with E-state index in [9.17, 15) is 9.59 Å². The van der Waals surface area contributed by atoms with Gasteiger partial charge in [0, 0.05) is 6.42 Å². The Morgan fingerprint density at radius 2 is 1.09 bits per heavy atom. The van der Waals surface area contributed by atoms with Gasteiger partial charge in [0.1, 0.15) is 0 Å². The summed E-state index contributed by atoms with van der Waals surface area (Å²) >= 11 is 0. The molecule has 0 fully saturated rings. The number of unbranched alkanes of at least 4 members (excludes halogenated alkanes) is 12. The van der Waals surface area contributed by atoms with Crippen LogP contribution in [-0.4, -0.2) is 46.8 Å². The third-order valence-corrected chi connectivity index (χ3v) is 3.69. The normalized spacial score (nSPS) is 10.0. The number of hydrogen-bond acceptors (Lipinski definition) is 3. The summed E-state index contributed by atoms with van der Waals surface area (Å²) in [5.74, 6) is -0.634. The molecule has 0 aromatic rings. The van der Waals surface area contributed by atoms with Crippen LogP contribution in [0.2, 0.25) is 0 Å². The Kier molecular flexibility index (Phi) is 20.9. The van der Waals surface area contributed by atoms with Crippen molar-refractivity contribution in [3.8, 4) is 0 Å². The first kappa shape index (κ1) is 24.2. The number of hydrogen-bond donors (Lipinski definition) is 1. The van der Waals surface area contributed by atoms with E-state index in [-0.39, 0.29) is 36.0 Å². The maximum atomic E-state index is 11.0. The number of ether oxygens (including phenoxy) is 1. The van der Waals surface area contributed by atoms with E-state index in [0.29, 0.717) is 0 Å². The van der Waals surface area contributed by atoms with Gasteiger partial charge in [-0.05, 0) is 6.42 Å². The fourth-order valence-corrected chi connectivity index (χ4v) is 2.44. The summed E-state index contributed by atoms with van der Waals surface area (Å²) in [5, 5.41) is 8.24. The molecule has 0 aromatic carbocycles. The first-order valence-electron chi connectivity index (χ1n) is 8.60. The zero-order valence-electron chi connectivity index (χ0n) is 13.6. The first-order chi connectivity index (χ1) is 10.2. The molecule has 0 radical (unpaired) electrons. The first-order valence-corrected chi connectivity index (χ1v) is 8.60. The van der Waals surface area contributed by atoms with Crippen molar-refractivity contribution in [2.45, 2.75) is 96.8 Å². The van der Waals surface area contributed by atoms with Crippen molar-refractivity contribution < 1.29 is 19.4 Å². The van der Waals surface area contributed by atoms with Crippen molar-refractivity contribution in [1.29, 1.82) is 0 Å². The SMILES string of the molecule is CCCCCCCCCCCCCCCC(=O)OC(=O)O.[NaH]. The van der Waals surface area contributed by atoms with Gasteiger partial charge < -0.3 is 9.84 Å². The van der Waals surface area contributed by atoms with Gasteiger partial charge in [-0.3, -0.25) is 4.79 Å². The summed E-state index contributed by atoms with van der Waals surface area (Å²) in [6.07, 6.45) is 14.9. The Hall–Kier alpha value is -0.0600. The van der Waals surface area contributed by atoms with E-state index in [1.807, 2.05) is 0 Å². The Morgan fingerprint density at radius 1 is 0.727 bits per heavy atom. The molecule has 0 saturated heterocycles. The van der Waals surface area contributed by atoms with E-state index in [1.165, 1.54) is 64.2 Å². The molecule has 0 aliphatic rings. The summed E-state index contributed by atoms with van der Waals surface area (Å²) in [7, 11) is 0. The molecule has 0 bridgehead atoms. The monoisotopic (exact) mass is 324 g/mol. The average Bonchev–Trinajstić information content (AvgIpc) is 2.43. The molecule has 0 aromatic heterocycles. The Bertz CT molecular complexity index is 269. The van der Waals surface area contributed by atoms with E-state index in [0.717, 1.165) is 19.3 Å². The molecule has 0 spiro atoms. The van der Waals surface area contributed by atoms with Crippen LogP contribution in [-0.2, 0) is 9.53 Å². The summed E-state index contributed by atoms with van der Waals surface area (Å²) in [5.41, 5.74) is 0. The minimum atomic E-state index is -1.50. The van der Waals surface area contributed by atoms with Crippen LogP contribution >= 0.6 is 0 Å². The maximum absolute atomic E-state index is 11.0. The van der Waals surface area contributed by atoms with Gasteiger partial charge >= 0.3 is 41.7 Å². The average molecular weight is 324 g/mol. The van der Waals surface area contributed by atoms with Gasteiger partial charge in [-0.15, -0.1) is 0 Å². The van der Waals surface area contributed by atoms with Crippen molar-refractivity contribution >= 4 is 41.7 Å². The second-order valence-electron chi connectivity index (χ2n) is 5.73. The predicted molar refractivity (Wildman–Crippen MR) is 91.6 cm³/mol. The van der Waals surface area contributed by atoms with Crippen LogP contribution in [0.25, 0.3) is 0 Å². The molecule has 1 N–H and O–H groups in total. The summed E-state index contributed by atoms with van der Waals surface area (Å²) in [6, 6.07) is 0. The number of carboxylic acid groups (broad SMARTS) is 1. The Labute approximate surface area is 157 Å². The van der Waals surface area contributed by atoms with Crippen molar-refractivity contribution in [2.75, 3.05) is 0 Å². The topological polar surface area (TPSA) is 63.6 Å². The van der Waals surface area contributed by atoms with E-state index < -0.39 is 12.1 Å². The van der Waals surface area contributed by atoms with Gasteiger partial charge in [-0.25, -0.2) is 4.79 Å². The Balaban J connectivity index is 0. The molecule has 0 rings (SSSR count). The second kappa shape index (κ2) is 19.0. The molecule has 0 amide bonds. The fourth-order valence-electron chi connectivity index (χ4n) is 2.44. The second-order valence-corrected chi connectivity index (χ2v) is 5.73. The van der Waals surface area contributed by atoms with Crippen molar-refractivity contribution in [3.63, 3.8) is 0 Å². The molecular formula is C17H33NaO4. The van der Waals surface area contributed by atoms with Crippen LogP contribution in [0, 0.1) is 0 Å². The molecule has 126 valence electrons. The molecule has 0 heterocycles. The van der Waals surface area contributed by atoms with E-state index in [2.05, 4.69) is 11.7 Å². The molecule has 0 aliphatic heterocycles.